The van der Waals surface area contributed by atoms with Crippen LogP contribution in [0.25, 0.3) is 16.0 Å². The van der Waals surface area contributed by atoms with Gasteiger partial charge in [0.05, 0.1) is 11.3 Å². The number of amides is 1. The average molecular weight is 472 g/mol. The largest absolute Gasteiger partial charge is 0.454 e. The van der Waals surface area contributed by atoms with E-state index in [2.05, 4.69) is 29.4 Å². The third kappa shape index (κ3) is 3.82. The van der Waals surface area contributed by atoms with Crippen LogP contribution in [0.15, 0.2) is 39.6 Å². The maximum Gasteiger partial charge on any atom is 0.272 e. The van der Waals surface area contributed by atoms with Crippen LogP contribution in [0.5, 0.6) is 11.5 Å². The monoisotopic (exact) mass is 471 g/mol. The molecule has 0 bridgehead atoms. The second-order valence-electron chi connectivity index (χ2n) is 7.80. The second kappa shape index (κ2) is 8.47. The van der Waals surface area contributed by atoms with Gasteiger partial charge in [0.1, 0.15) is 4.70 Å². The molecule has 0 spiro atoms. The van der Waals surface area contributed by atoms with Crippen LogP contribution in [-0.2, 0) is 11.3 Å². The molecule has 4 aromatic rings. The number of fused-ring (bicyclic) bond motifs is 4. The third-order valence-corrected chi connectivity index (χ3v) is 6.92. The summed E-state index contributed by atoms with van der Waals surface area (Å²) in [6.07, 6.45) is 0.861. The van der Waals surface area contributed by atoms with E-state index in [-0.39, 0.29) is 24.0 Å². The number of nitrogens with one attached hydrogen (secondary N) is 1. The summed E-state index contributed by atoms with van der Waals surface area (Å²) in [5, 5.41) is 13.9. The Morgan fingerprint density at radius 3 is 2.94 bits per heavy atom. The molecule has 0 aliphatic carbocycles. The summed E-state index contributed by atoms with van der Waals surface area (Å²) in [6.45, 7) is 4.99. The van der Waals surface area contributed by atoms with Crippen molar-refractivity contribution in [1.29, 1.82) is 0 Å². The molecule has 1 amide bonds. The number of anilines is 1. The lowest BCUT2D eigenvalue weighted by atomic mass is 10.1. The predicted molar refractivity (Wildman–Crippen MR) is 124 cm³/mol. The number of nitrogens with zero attached hydrogens (tertiary/aromatic N) is 4. The summed E-state index contributed by atoms with van der Waals surface area (Å²) in [4.78, 5) is 25.5. The maximum atomic E-state index is 13.0. The van der Waals surface area contributed by atoms with Gasteiger partial charge in [0.15, 0.2) is 16.7 Å². The Hall–Kier alpha value is -3.05. The van der Waals surface area contributed by atoms with Gasteiger partial charge in [0.25, 0.3) is 5.56 Å². The first-order valence-corrected chi connectivity index (χ1v) is 12.0. The number of carbonyl (C=O) groups is 1. The Morgan fingerprint density at radius 2 is 2.09 bits per heavy atom. The minimum absolute atomic E-state index is 0.0485. The number of carbonyl (C=O) groups excluding carboxylic acids is 1. The van der Waals surface area contributed by atoms with Gasteiger partial charge >= 0.3 is 0 Å². The third-order valence-electron chi connectivity index (χ3n) is 5.10. The molecule has 32 heavy (non-hydrogen) atoms. The van der Waals surface area contributed by atoms with Crippen LogP contribution in [-0.4, -0.2) is 37.6 Å². The molecule has 3 aromatic heterocycles. The SMILES string of the molecule is CC(C)CCn1c(=O)c2sccc2n2c(SCC(=O)Nc3ccc4c(c3)OCO4)nnc12. The van der Waals surface area contributed by atoms with Crippen molar-refractivity contribution in [3.63, 3.8) is 0 Å². The Labute approximate surface area is 191 Å². The van der Waals surface area contributed by atoms with E-state index in [1.54, 1.807) is 22.8 Å². The molecule has 1 aromatic carbocycles. The first kappa shape index (κ1) is 20.8. The van der Waals surface area contributed by atoms with Gasteiger partial charge < -0.3 is 14.8 Å². The first-order valence-electron chi connectivity index (χ1n) is 10.2. The highest BCUT2D eigenvalue weighted by molar-refractivity contribution is 7.99. The summed E-state index contributed by atoms with van der Waals surface area (Å²) in [5.41, 5.74) is 1.35. The van der Waals surface area contributed by atoms with Crippen molar-refractivity contribution in [2.24, 2.45) is 5.92 Å². The van der Waals surface area contributed by atoms with Gasteiger partial charge in [-0.2, -0.15) is 0 Å². The number of thiophene rings is 1. The van der Waals surface area contributed by atoms with E-state index in [1.807, 2.05) is 15.8 Å². The van der Waals surface area contributed by atoms with E-state index in [0.29, 0.717) is 45.3 Å². The summed E-state index contributed by atoms with van der Waals surface area (Å²) >= 11 is 2.68. The number of ether oxygens (including phenoxy) is 2. The summed E-state index contributed by atoms with van der Waals surface area (Å²) in [7, 11) is 0. The number of benzene rings is 1. The molecule has 11 heteroatoms. The number of aryl methyl sites for hydroxylation is 1. The van der Waals surface area contributed by atoms with Crippen LogP contribution in [0.2, 0.25) is 0 Å². The Kier molecular flexibility index (Phi) is 5.51. The van der Waals surface area contributed by atoms with E-state index < -0.39 is 0 Å². The van der Waals surface area contributed by atoms with E-state index in [4.69, 9.17) is 9.47 Å². The van der Waals surface area contributed by atoms with Gasteiger partial charge in [0.2, 0.25) is 18.5 Å². The average Bonchev–Trinajstić information content (AvgIpc) is 3.50. The van der Waals surface area contributed by atoms with Crippen LogP contribution in [0.1, 0.15) is 20.3 Å². The van der Waals surface area contributed by atoms with E-state index in [1.165, 1.54) is 23.1 Å². The minimum Gasteiger partial charge on any atom is -0.454 e. The maximum absolute atomic E-state index is 13.0. The molecular formula is C21H21N5O4S2. The predicted octanol–water partition coefficient (Wildman–Crippen LogP) is 3.61. The van der Waals surface area contributed by atoms with Crippen molar-refractivity contribution < 1.29 is 14.3 Å². The number of thioether (sulfide) groups is 1. The molecular weight excluding hydrogens is 450 g/mol. The number of aromatic nitrogens is 4. The minimum atomic E-state index is -0.180. The standard InChI is InChI=1S/C21H21N5O4S2/c1-12(2)5-7-25-19(28)18-14(6-8-31-18)26-20(25)23-24-21(26)32-10-17(27)22-13-3-4-15-16(9-13)30-11-29-15/h3-4,6,8-9,12H,5,7,10-11H2,1-2H3,(H,22,27). The highest BCUT2D eigenvalue weighted by Gasteiger charge is 2.19. The molecule has 1 aliphatic heterocycles. The van der Waals surface area contributed by atoms with Crippen molar-refractivity contribution in [3.8, 4) is 11.5 Å². The fourth-order valence-corrected chi connectivity index (χ4v) is 5.05. The number of rotatable bonds is 7. The highest BCUT2D eigenvalue weighted by atomic mass is 32.2. The second-order valence-corrected chi connectivity index (χ2v) is 9.66. The van der Waals surface area contributed by atoms with Crippen molar-refractivity contribution in [2.75, 3.05) is 17.9 Å². The molecule has 166 valence electrons. The lowest BCUT2D eigenvalue weighted by Gasteiger charge is -2.10. The quantitative estimate of drug-likeness (QED) is 0.411. The van der Waals surface area contributed by atoms with Crippen LogP contribution in [0.3, 0.4) is 0 Å². The van der Waals surface area contributed by atoms with Crippen molar-refractivity contribution in [1.82, 2.24) is 19.2 Å². The molecule has 4 heterocycles. The summed E-state index contributed by atoms with van der Waals surface area (Å²) in [5.74, 6) is 2.19. The topological polar surface area (TPSA) is 99.8 Å². The van der Waals surface area contributed by atoms with Gasteiger partial charge in [-0.3, -0.25) is 18.6 Å². The molecule has 0 saturated carbocycles. The highest BCUT2D eigenvalue weighted by Crippen LogP contribution is 2.34. The fraction of sp³-hybridized carbons (Fsp3) is 0.333. The lowest BCUT2D eigenvalue weighted by Crippen LogP contribution is -2.23. The number of hydrogen-bond acceptors (Lipinski definition) is 8. The van der Waals surface area contributed by atoms with Gasteiger partial charge in [-0.25, -0.2) is 0 Å². The van der Waals surface area contributed by atoms with E-state index in [0.717, 1.165) is 11.9 Å². The Bertz CT molecular complexity index is 1370. The Balaban J connectivity index is 1.38. The normalized spacial score (nSPS) is 12.8. The molecule has 0 saturated heterocycles. The molecule has 0 atom stereocenters. The zero-order valence-electron chi connectivity index (χ0n) is 17.5. The smallest absolute Gasteiger partial charge is 0.272 e. The fourth-order valence-electron chi connectivity index (χ4n) is 3.48. The molecule has 0 unspecified atom stereocenters. The Morgan fingerprint density at radius 1 is 1.25 bits per heavy atom. The molecule has 5 rings (SSSR count). The van der Waals surface area contributed by atoms with E-state index in [9.17, 15) is 9.59 Å². The van der Waals surface area contributed by atoms with Crippen molar-refractivity contribution in [2.45, 2.75) is 32.0 Å². The summed E-state index contributed by atoms with van der Waals surface area (Å²) < 4.78 is 14.9. The molecule has 0 radical (unpaired) electrons. The van der Waals surface area contributed by atoms with Crippen molar-refractivity contribution in [3.05, 3.63) is 40.0 Å². The van der Waals surface area contributed by atoms with E-state index >= 15 is 0 Å². The van der Waals surface area contributed by atoms with Crippen LogP contribution in [0, 0.1) is 5.92 Å². The lowest BCUT2D eigenvalue weighted by molar-refractivity contribution is -0.113. The molecule has 1 N–H and O–H groups in total. The van der Waals surface area contributed by atoms with Gasteiger partial charge in [0, 0.05) is 18.3 Å². The van der Waals surface area contributed by atoms with Crippen LogP contribution in [0.4, 0.5) is 5.69 Å². The zero-order valence-corrected chi connectivity index (χ0v) is 19.2. The molecule has 9 nitrogen and oxygen atoms in total. The van der Waals surface area contributed by atoms with Crippen molar-refractivity contribution >= 4 is 50.7 Å². The van der Waals surface area contributed by atoms with Gasteiger partial charge in [-0.1, -0.05) is 25.6 Å². The molecule has 1 aliphatic rings. The molecule has 0 fully saturated rings. The van der Waals surface area contributed by atoms with Crippen LogP contribution < -0.4 is 20.3 Å². The first-order chi connectivity index (χ1) is 15.5. The summed E-state index contributed by atoms with van der Waals surface area (Å²) in [6, 6.07) is 7.16. The number of hydrogen-bond donors (Lipinski definition) is 1. The van der Waals surface area contributed by atoms with Gasteiger partial charge in [-0.05, 0) is 35.9 Å². The van der Waals surface area contributed by atoms with Crippen LogP contribution >= 0.6 is 23.1 Å². The zero-order chi connectivity index (χ0) is 22.2. The van der Waals surface area contributed by atoms with Gasteiger partial charge in [-0.15, -0.1) is 21.5 Å².